The third-order valence-electron chi connectivity index (χ3n) is 2.14. The first kappa shape index (κ1) is 12.5. The fourth-order valence-corrected chi connectivity index (χ4v) is 1.94. The van der Waals surface area contributed by atoms with Gasteiger partial charge in [-0.05, 0) is 6.92 Å². The molecule has 0 aliphatic heterocycles. The summed E-state index contributed by atoms with van der Waals surface area (Å²) in [7, 11) is 0. The van der Waals surface area contributed by atoms with Gasteiger partial charge in [0.25, 0.3) is 0 Å². The monoisotopic (exact) mass is 267 g/mol. The minimum absolute atomic E-state index is 0.100. The van der Waals surface area contributed by atoms with E-state index in [4.69, 9.17) is 10.3 Å². The first-order valence-corrected chi connectivity index (χ1v) is 6.27. The van der Waals surface area contributed by atoms with Crippen LogP contribution in [-0.4, -0.2) is 27.6 Å². The molecule has 0 aliphatic carbocycles. The van der Waals surface area contributed by atoms with Crippen LogP contribution in [0.5, 0.6) is 0 Å². The molecule has 0 spiro atoms. The zero-order chi connectivity index (χ0) is 13.0. The molecule has 0 atom stereocenters. The van der Waals surface area contributed by atoms with Crippen LogP contribution >= 0.6 is 11.3 Å². The molecule has 0 aliphatic rings. The fourth-order valence-electron chi connectivity index (χ4n) is 1.38. The molecule has 0 bridgehead atoms. The van der Waals surface area contributed by atoms with Gasteiger partial charge in [0.05, 0.1) is 12.1 Å². The van der Waals surface area contributed by atoms with E-state index in [2.05, 4.69) is 20.4 Å². The van der Waals surface area contributed by atoms with Crippen LogP contribution in [-0.2, 0) is 17.6 Å². The Hall–Kier alpha value is -1.96. The highest BCUT2D eigenvalue weighted by Crippen LogP contribution is 2.11. The van der Waals surface area contributed by atoms with Crippen LogP contribution in [0.4, 0.5) is 5.13 Å². The Bertz CT molecular complexity index is 536. The van der Waals surface area contributed by atoms with Crippen molar-refractivity contribution in [3.8, 4) is 0 Å². The van der Waals surface area contributed by atoms with E-state index in [0.717, 1.165) is 0 Å². The van der Waals surface area contributed by atoms with Crippen molar-refractivity contribution in [3.05, 3.63) is 22.8 Å². The van der Waals surface area contributed by atoms with Gasteiger partial charge in [-0.25, -0.2) is 4.98 Å². The van der Waals surface area contributed by atoms with E-state index in [1.807, 2.05) is 0 Å². The molecule has 96 valence electrons. The maximum Gasteiger partial charge on any atom is 0.228 e. The van der Waals surface area contributed by atoms with E-state index in [-0.39, 0.29) is 12.3 Å². The molecular formula is C10H13N5O2S. The molecule has 2 rings (SSSR count). The number of carbonyl (C=O) groups is 1. The predicted molar refractivity (Wildman–Crippen MR) is 66.0 cm³/mol. The molecule has 18 heavy (non-hydrogen) atoms. The van der Waals surface area contributed by atoms with Crippen LogP contribution in [0.3, 0.4) is 0 Å². The number of aryl methyl sites for hydroxylation is 1. The molecule has 0 saturated carbocycles. The third kappa shape index (κ3) is 3.52. The molecule has 2 aromatic heterocycles. The molecule has 0 radical (unpaired) electrons. The molecule has 3 N–H and O–H groups in total. The lowest BCUT2D eigenvalue weighted by Gasteiger charge is -2.01. The molecule has 0 unspecified atom stereocenters. The van der Waals surface area contributed by atoms with E-state index < -0.39 is 0 Å². The lowest BCUT2D eigenvalue weighted by Crippen LogP contribution is -2.27. The quantitative estimate of drug-likeness (QED) is 0.807. The number of hydrogen-bond donors (Lipinski definition) is 2. The van der Waals surface area contributed by atoms with Crippen molar-refractivity contribution in [2.24, 2.45) is 0 Å². The summed E-state index contributed by atoms with van der Waals surface area (Å²) in [4.78, 5) is 19.6. The summed E-state index contributed by atoms with van der Waals surface area (Å²) in [6.45, 7) is 2.21. The largest absolute Gasteiger partial charge is 0.375 e. The zero-order valence-corrected chi connectivity index (χ0v) is 10.7. The van der Waals surface area contributed by atoms with Crippen LogP contribution in [0.1, 0.15) is 17.4 Å². The lowest BCUT2D eigenvalue weighted by atomic mass is 10.3. The van der Waals surface area contributed by atoms with Gasteiger partial charge in [0.2, 0.25) is 11.8 Å². The van der Waals surface area contributed by atoms with Crippen LogP contribution in [0, 0.1) is 6.92 Å². The number of anilines is 1. The highest BCUT2D eigenvalue weighted by Gasteiger charge is 2.07. The number of aromatic nitrogens is 3. The minimum Gasteiger partial charge on any atom is -0.375 e. The van der Waals surface area contributed by atoms with Gasteiger partial charge in [-0.15, -0.1) is 11.3 Å². The molecule has 2 heterocycles. The molecule has 0 aromatic carbocycles. The molecule has 0 fully saturated rings. The second-order valence-corrected chi connectivity index (χ2v) is 4.58. The van der Waals surface area contributed by atoms with Gasteiger partial charge in [0.15, 0.2) is 11.0 Å². The van der Waals surface area contributed by atoms with Gasteiger partial charge >= 0.3 is 0 Å². The average molecular weight is 267 g/mol. The summed E-state index contributed by atoms with van der Waals surface area (Å²) >= 11 is 1.32. The summed E-state index contributed by atoms with van der Waals surface area (Å²) in [5.74, 6) is 1.01. The van der Waals surface area contributed by atoms with Gasteiger partial charge in [-0.2, -0.15) is 4.98 Å². The highest BCUT2D eigenvalue weighted by atomic mass is 32.1. The van der Waals surface area contributed by atoms with Gasteiger partial charge in [-0.3, -0.25) is 4.79 Å². The molecule has 1 amide bonds. The third-order valence-corrected chi connectivity index (χ3v) is 2.86. The second-order valence-electron chi connectivity index (χ2n) is 3.69. The average Bonchev–Trinajstić information content (AvgIpc) is 2.88. The van der Waals surface area contributed by atoms with E-state index in [0.29, 0.717) is 35.5 Å². The normalized spacial score (nSPS) is 10.5. The number of nitrogens with one attached hydrogen (secondary N) is 1. The first-order valence-electron chi connectivity index (χ1n) is 5.39. The number of amides is 1. The number of carbonyl (C=O) groups excluding carboxylic acids is 1. The smallest absolute Gasteiger partial charge is 0.228 e. The Kier molecular flexibility index (Phi) is 3.88. The maximum absolute atomic E-state index is 11.6. The highest BCUT2D eigenvalue weighted by molar-refractivity contribution is 7.13. The molecule has 7 nitrogen and oxygen atoms in total. The lowest BCUT2D eigenvalue weighted by molar-refractivity contribution is -0.120. The van der Waals surface area contributed by atoms with Crippen molar-refractivity contribution in [2.75, 3.05) is 12.3 Å². The summed E-state index contributed by atoms with van der Waals surface area (Å²) in [6, 6.07) is 0. The number of nitrogens with two attached hydrogens (primary N) is 1. The van der Waals surface area contributed by atoms with E-state index in [1.165, 1.54) is 11.3 Å². The van der Waals surface area contributed by atoms with Crippen molar-refractivity contribution in [1.82, 2.24) is 20.4 Å². The Morgan fingerprint density at radius 2 is 2.39 bits per heavy atom. The predicted octanol–water partition coefficient (Wildman–Crippen LogP) is 0.318. The Labute approximate surface area is 107 Å². The van der Waals surface area contributed by atoms with Crippen molar-refractivity contribution in [3.63, 3.8) is 0 Å². The number of thiazole rings is 1. The van der Waals surface area contributed by atoms with Crippen LogP contribution in [0.25, 0.3) is 0 Å². The number of rotatable bonds is 5. The minimum atomic E-state index is -0.100. The first-order chi connectivity index (χ1) is 8.63. The summed E-state index contributed by atoms with van der Waals surface area (Å²) in [6.07, 6.45) is 0.752. The maximum atomic E-state index is 11.6. The molecule has 2 aromatic rings. The number of nitrogens with zero attached hydrogens (tertiary/aromatic N) is 3. The Morgan fingerprint density at radius 3 is 3.00 bits per heavy atom. The van der Waals surface area contributed by atoms with E-state index >= 15 is 0 Å². The van der Waals surface area contributed by atoms with E-state index in [1.54, 1.807) is 12.3 Å². The van der Waals surface area contributed by atoms with Crippen molar-refractivity contribution >= 4 is 22.4 Å². The molecule has 8 heteroatoms. The number of nitrogen functional groups attached to an aromatic ring is 1. The molecular weight excluding hydrogens is 254 g/mol. The van der Waals surface area contributed by atoms with Crippen molar-refractivity contribution in [2.45, 2.75) is 19.8 Å². The van der Waals surface area contributed by atoms with Gasteiger partial charge < -0.3 is 15.6 Å². The Morgan fingerprint density at radius 1 is 1.56 bits per heavy atom. The van der Waals surface area contributed by atoms with Gasteiger partial charge in [0, 0.05) is 18.3 Å². The van der Waals surface area contributed by atoms with Crippen LogP contribution in [0.15, 0.2) is 9.90 Å². The second kappa shape index (κ2) is 5.58. The zero-order valence-electron chi connectivity index (χ0n) is 9.84. The molecule has 0 saturated heterocycles. The van der Waals surface area contributed by atoms with Crippen LogP contribution in [0.2, 0.25) is 0 Å². The van der Waals surface area contributed by atoms with Crippen LogP contribution < -0.4 is 11.1 Å². The fraction of sp³-hybridized carbons (Fsp3) is 0.400. The number of hydrogen-bond acceptors (Lipinski definition) is 7. The summed E-state index contributed by atoms with van der Waals surface area (Å²) in [5.41, 5.74) is 6.16. The van der Waals surface area contributed by atoms with E-state index in [9.17, 15) is 4.79 Å². The van der Waals surface area contributed by atoms with Gasteiger partial charge in [-0.1, -0.05) is 5.16 Å². The topological polar surface area (TPSA) is 107 Å². The van der Waals surface area contributed by atoms with Gasteiger partial charge in [0.1, 0.15) is 0 Å². The summed E-state index contributed by atoms with van der Waals surface area (Å²) in [5, 5.41) is 8.66. The summed E-state index contributed by atoms with van der Waals surface area (Å²) < 4.78 is 4.93. The standard InChI is InChI=1S/C10H13N5O2S/c1-6-13-9(17-15-6)2-3-12-8(16)4-7-5-18-10(11)14-7/h5H,2-4H2,1H3,(H2,11,14)(H,12,16). The Balaban J connectivity index is 1.72. The van der Waals surface area contributed by atoms with Crippen molar-refractivity contribution in [1.29, 1.82) is 0 Å². The van der Waals surface area contributed by atoms with Crippen molar-refractivity contribution < 1.29 is 9.32 Å². The SMILES string of the molecule is Cc1noc(CCNC(=O)Cc2csc(N)n2)n1.